The van der Waals surface area contributed by atoms with E-state index in [0.29, 0.717) is 24.9 Å². The number of carbonyl (C=O) groups excluding carboxylic acids is 1. The molecular weight excluding hydrogens is 438 g/mol. The van der Waals surface area contributed by atoms with Gasteiger partial charge in [0.25, 0.3) is 0 Å². The van der Waals surface area contributed by atoms with Crippen molar-refractivity contribution in [3.8, 4) is 0 Å². The molecule has 9 heteroatoms. The van der Waals surface area contributed by atoms with Gasteiger partial charge in [-0.15, -0.1) is 0 Å². The molecule has 1 amide bonds. The second-order valence-electron chi connectivity index (χ2n) is 7.06. The number of carbonyl (C=O) groups is 1. The van der Waals surface area contributed by atoms with Gasteiger partial charge in [-0.1, -0.05) is 41.4 Å². The van der Waals surface area contributed by atoms with Crippen molar-refractivity contribution in [1.82, 2.24) is 9.21 Å². The van der Waals surface area contributed by atoms with Gasteiger partial charge in [0.15, 0.2) is 0 Å². The first-order chi connectivity index (χ1) is 13.7. The van der Waals surface area contributed by atoms with Crippen LogP contribution in [0.4, 0.5) is 4.39 Å². The van der Waals surface area contributed by atoms with E-state index in [1.54, 1.807) is 25.2 Å². The molecule has 5 nitrogen and oxygen atoms in total. The summed E-state index contributed by atoms with van der Waals surface area (Å²) in [6.07, 6.45) is 1.11. The molecule has 0 aromatic heterocycles. The summed E-state index contributed by atoms with van der Waals surface area (Å²) in [6.45, 7) is 0.465. The van der Waals surface area contributed by atoms with Crippen LogP contribution in [-0.4, -0.2) is 43.7 Å². The summed E-state index contributed by atoms with van der Waals surface area (Å²) in [6, 6.07) is 10.5. The zero-order valence-electron chi connectivity index (χ0n) is 15.8. The molecule has 1 fully saturated rings. The zero-order valence-corrected chi connectivity index (χ0v) is 18.1. The van der Waals surface area contributed by atoms with E-state index in [0.717, 1.165) is 0 Å². The lowest BCUT2D eigenvalue weighted by Crippen LogP contribution is -2.45. The van der Waals surface area contributed by atoms with Gasteiger partial charge in [0.05, 0.1) is 10.9 Å². The van der Waals surface area contributed by atoms with E-state index in [-0.39, 0.29) is 39.8 Å². The Hall–Kier alpha value is -1.67. The van der Waals surface area contributed by atoms with Crippen LogP contribution in [0.1, 0.15) is 18.4 Å². The van der Waals surface area contributed by atoms with Gasteiger partial charge in [-0.25, -0.2) is 12.8 Å². The fourth-order valence-electron chi connectivity index (χ4n) is 3.45. The molecule has 0 saturated carbocycles. The summed E-state index contributed by atoms with van der Waals surface area (Å²) in [5, 5.41) is 0.349. The SMILES string of the molecule is CN(Cc1ccccc1F)C(=O)[C@@H]1CCCN(S(=O)(=O)c2cc(Cl)ccc2Cl)C1. The van der Waals surface area contributed by atoms with Crippen LogP contribution < -0.4 is 0 Å². The van der Waals surface area contributed by atoms with Crippen molar-refractivity contribution in [3.05, 3.63) is 63.9 Å². The molecule has 29 heavy (non-hydrogen) atoms. The first-order valence-corrected chi connectivity index (χ1v) is 11.3. The third kappa shape index (κ3) is 4.91. The molecule has 156 valence electrons. The van der Waals surface area contributed by atoms with Crippen LogP contribution in [0, 0.1) is 11.7 Å². The first kappa shape index (κ1) is 22.0. The van der Waals surface area contributed by atoms with Crippen molar-refractivity contribution in [2.24, 2.45) is 5.92 Å². The Morgan fingerprint density at radius 1 is 1.24 bits per heavy atom. The first-order valence-electron chi connectivity index (χ1n) is 9.13. The highest BCUT2D eigenvalue weighted by Gasteiger charge is 2.35. The quantitative estimate of drug-likeness (QED) is 0.674. The summed E-state index contributed by atoms with van der Waals surface area (Å²) in [4.78, 5) is 14.2. The Labute approximate surface area is 180 Å². The van der Waals surface area contributed by atoms with Gasteiger partial charge in [-0.3, -0.25) is 4.79 Å². The molecular formula is C20H21Cl2FN2O3S. The predicted octanol–water partition coefficient (Wildman–Crippen LogP) is 4.19. The molecule has 0 spiro atoms. The molecule has 2 aromatic carbocycles. The number of piperidine rings is 1. The van der Waals surface area contributed by atoms with E-state index in [1.165, 1.54) is 33.5 Å². The summed E-state index contributed by atoms with van der Waals surface area (Å²) in [7, 11) is -2.29. The minimum atomic E-state index is -3.89. The van der Waals surface area contributed by atoms with E-state index in [4.69, 9.17) is 23.2 Å². The van der Waals surface area contributed by atoms with Gasteiger partial charge < -0.3 is 4.90 Å². The average molecular weight is 459 g/mol. The fourth-order valence-corrected chi connectivity index (χ4v) is 5.71. The smallest absolute Gasteiger partial charge is 0.244 e. The number of hydrogen-bond acceptors (Lipinski definition) is 3. The molecule has 0 unspecified atom stereocenters. The van der Waals surface area contributed by atoms with E-state index in [1.807, 2.05) is 0 Å². The second kappa shape index (κ2) is 9.00. The number of sulfonamides is 1. The monoisotopic (exact) mass is 458 g/mol. The Morgan fingerprint density at radius 2 is 1.97 bits per heavy atom. The molecule has 0 aliphatic carbocycles. The number of benzene rings is 2. The molecule has 1 atom stereocenters. The minimum Gasteiger partial charge on any atom is -0.341 e. The summed E-state index contributed by atoms with van der Waals surface area (Å²) < 4.78 is 41.2. The van der Waals surface area contributed by atoms with Crippen LogP contribution in [0.5, 0.6) is 0 Å². The van der Waals surface area contributed by atoms with Gasteiger partial charge in [0, 0.05) is 37.3 Å². The van der Waals surface area contributed by atoms with Crippen LogP contribution in [0.2, 0.25) is 10.0 Å². The zero-order chi connectivity index (χ0) is 21.2. The molecule has 0 N–H and O–H groups in total. The third-order valence-electron chi connectivity index (χ3n) is 4.99. The number of nitrogens with zero attached hydrogens (tertiary/aromatic N) is 2. The van der Waals surface area contributed by atoms with Gasteiger partial charge in [0.1, 0.15) is 10.7 Å². The highest BCUT2D eigenvalue weighted by molar-refractivity contribution is 7.89. The van der Waals surface area contributed by atoms with E-state index in [2.05, 4.69) is 0 Å². The topological polar surface area (TPSA) is 57.7 Å². The molecule has 1 aliphatic heterocycles. The van der Waals surface area contributed by atoms with Crippen LogP contribution in [0.3, 0.4) is 0 Å². The van der Waals surface area contributed by atoms with Crippen LogP contribution >= 0.6 is 23.2 Å². The predicted molar refractivity (Wildman–Crippen MR) is 111 cm³/mol. The Kier molecular flexibility index (Phi) is 6.83. The Balaban J connectivity index is 1.75. The summed E-state index contributed by atoms with van der Waals surface area (Å²) in [5.74, 6) is -1.10. The molecule has 0 bridgehead atoms. The van der Waals surface area contributed by atoms with Gasteiger partial charge >= 0.3 is 0 Å². The van der Waals surface area contributed by atoms with Crippen molar-refractivity contribution >= 4 is 39.1 Å². The third-order valence-corrected chi connectivity index (χ3v) is 7.57. The lowest BCUT2D eigenvalue weighted by molar-refractivity contribution is -0.135. The molecule has 3 rings (SSSR count). The summed E-state index contributed by atoms with van der Waals surface area (Å²) in [5.41, 5.74) is 0.411. The van der Waals surface area contributed by atoms with Crippen LogP contribution in [0.15, 0.2) is 47.4 Å². The van der Waals surface area contributed by atoms with Gasteiger partial charge in [-0.05, 0) is 37.1 Å². The van der Waals surface area contributed by atoms with Gasteiger partial charge in [0.2, 0.25) is 15.9 Å². The molecule has 1 aliphatic rings. The fraction of sp³-hybridized carbons (Fsp3) is 0.350. The van der Waals surface area contributed by atoms with E-state index < -0.39 is 15.9 Å². The van der Waals surface area contributed by atoms with Crippen LogP contribution in [-0.2, 0) is 21.4 Å². The number of halogens is 3. The lowest BCUT2D eigenvalue weighted by atomic mass is 9.98. The van der Waals surface area contributed by atoms with E-state index in [9.17, 15) is 17.6 Å². The highest BCUT2D eigenvalue weighted by atomic mass is 35.5. The van der Waals surface area contributed by atoms with Crippen LogP contribution in [0.25, 0.3) is 0 Å². The number of hydrogen-bond donors (Lipinski definition) is 0. The Morgan fingerprint density at radius 3 is 2.69 bits per heavy atom. The maximum Gasteiger partial charge on any atom is 0.244 e. The second-order valence-corrected chi connectivity index (χ2v) is 9.81. The average Bonchev–Trinajstić information content (AvgIpc) is 2.71. The Bertz CT molecular complexity index is 1020. The number of amides is 1. The lowest BCUT2D eigenvalue weighted by Gasteiger charge is -2.33. The summed E-state index contributed by atoms with van der Waals surface area (Å²) >= 11 is 12.0. The largest absolute Gasteiger partial charge is 0.341 e. The minimum absolute atomic E-state index is 0.0472. The van der Waals surface area contributed by atoms with Crippen molar-refractivity contribution in [2.75, 3.05) is 20.1 Å². The van der Waals surface area contributed by atoms with Crippen molar-refractivity contribution in [1.29, 1.82) is 0 Å². The standard InChI is InChI=1S/C20H21Cl2FN2O3S/c1-24(12-14-5-2-3-7-18(14)23)20(26)15-6-4-10-25(13-15)29(27,28)19-11-16(21)8-9-17(19)22/h2-3,5,7-9,11,15H,4,6,10,12-13H2,1H3/t15-/m1/s1. The van der Waals surface area contributed by atoms with Crippen molar-refractivity contribution < 1.29 is 17.6 Å². The van der Waals surface area contributed by atoms with Crippen molar-refractivity contribution in [2.45, 2.75) is 24.3 Å². The highest BCUT2D eigenvalue weighted by Crippen LogP contribution is 2.31. The normalized spacial score (nSPS) is 17.9. The van der Waals surface area contributed by atoms with Gasteiger partial charge in [-0.2, -0.15) is 4.31 Å². The van der Waals surface area contributed by atoms with Crippen molar-refractivity contribution in [3.63, 3.8) is 0 Å². The molecule has 2 aromatic rings. The maximum atomic E-state index is 13.9. The van der Waals surface area contributed by atoms with E-state index >= 15 is 0 Å². The number of rotatable bonds is 5. The molecule has 0 radical (unpaired) electrons. The molecule has 1 heterocycles. The maximum absolute atomic E-state index is 13.9. The molecule has 1 saturated heterocycles.